The minimum atomic E-state index is -3.49. The lowest BCUT2D eigenvalue weighted by Crippen LogP contribution is -2.27. The van der Waals surface area contributed by atoms with E-state index in [1.54, 1.807) is 23.6 Å². The average Bonchev–Trinajstić information content (AvgIpc) is 2.91. The highest BCUT2D eigenvalue weighted by Gasteiger charge is 2.14. The quantitative estimate of drug-likeness (QED) is 0.833. The molecule has 0 bridgehead atoms. The van der Waals surface area contributed by atoms with Gasteiger partial charge >= 0.3 is 0 Å². The van der Waals surface area contributed by atoms with Crippen molar-refractivity contribution in [3.8, 4) is 5.75 Å². The van der Waals surface area contributed by atoms with E-state index in [1.165, 1.54) is 18.2 Å². The Labute approximate surface area is 114 Å². The highest BCUT2D eigenvalue weighted by Crippen LogP contribution is 2.16. The fourth-order valence-corrected chi connectivity index (χ4v) is 3.44. The highest BCUT2D eigenvalue weighted by molar-refractivity contribution is 7.91. The van der Waals surface area contributed by atoms with Crippen molar-refractivity contribution >= 4 is 21.4 Å². The van der Waals surface area contributed by atoms with Crippen LogP contribution in [0.15, 0.2) is 46.0 Å². The molecule has 0 unspecified atom stereocenters. The molecule has 1 aromatic carbocycles. The normalized spacial score (nSPS) is 11.4. The molecule has 1 aromatic heterocycles. The minimum Gasteiger partial charge on any atom is -0.489 e. The number of benzene rings is 1. The van der Waals surface area contributed by atoms with E-state index in [-0.39, 0.29) is 23.1 Å². The fraction of sp³-hybridized carbons (Fsp3) is 0.167. The maximum atomic E-state index is 13.2. The van der Waals surface area contributed by atoms with E-state index in [2.05, 4.69) is 4.72 Å². The lowest BCUT2D eigenvalue weighted by molar-refractivity contribution is 0.306. The molecule has 0 saturated heterocycles. The molecule has 1 N–H and O–H groups in total. The standard InChI is InChI=1S/C12H12FNO3S2/c13-10-4-1-2-5-11(10)17-8-7-14-19(15,16)12-6-3-9-18-12/h1-6,9,14H,7-8H2. The van der Waals surface area contributed by atoms with Gasteiger partial charge in [-0.05, 0) is 23.6 Å². The van der Waals surface area contributed by atoms with Crippen molar-refractivity contribution in [2.75, 3.05) is 13.2 Å². The lowest BCUT2D eigenvalue weighted by atomic mass is 10.3. The Balaban J connectivity index is 1.83. The van der Waals surface area contributed by atoms with Crippen LogP contribution in [0.4, 0.5) is 4.39 Å². The lowest BCUT2D eigenvalue weighted by Gasteiger charge is -2.08. The third-order valence-electron chi connectivity index (χ3n) is 2.25. The van der Waals surface area contributed by atoms with Gasteiger partial charge < -0.3 is 4.74 Å². The molecule has 7 heteroatoms. The molecule has 2 rings (SSSR count). The van der Waals surface area contributed by atoms with Crippen molar-refractivity contribution in [3.05, 3.63) is 47.6 Å². The summed E-state index contributed by atoms with van der Waals surface area (Å²) in [6.45, 7) is 0.139. The number of hydrogen-bond donors (Lipinski definition) is 1. The van der Waals surface area contributed by atoms with E-state index in [9.17, 15) is 12.8 Å². The van der Waals surface area contributed by atoms with Crippen LogP contribution in [0.5, 0.6) is 5.75 Å². The van der Waals surface area contributed by atoms with Crippen LogP contribution in [-0.4, -0.2) is 21.6 Å². The predicted molar refractivity (Wildman–Crippen MR) is 71.4 cm³/mol. The summed E-state index contributed by atoms with van der Waals surface area (Å²) in [5, 5.41) is 1.68. The Morgan fingerprint density at radius 1 is 1.21 bits per heavy atom. The van der Waals surface area contributed by atoms with Crippen molar-refractivity contribution < 1.29 is 17.5 Å². The maximum Gasteiger partial charge on any atom is 0.250 e. The molecule has 0 aliphatic rings. The number of thiophene rings is 1. The van der Waals surface area contributed by atoms with E-state index in [4.69, 9.17) is 4.74 Å². The number of halogens is 1. The van der Waals surface area contributed by atoms with Crippen molar-refractivity contribution in [2.24, 2.45) is 0 Å². The summed E-state index contributed by atoms with van der Waals surface area (Å²) in [7, 11) is -3.49. The van der Waals surface area contributed by atoms with Crippen LogP contribution in [0.2, 0.25) is 0 Å². The molecular weight excluding hydrogens is 289 g/mol. The van der Waals surface area contributed by atoms with Crippen molar-refractivity contribution in [2.45, 2.75) is 4.21 Å². The van der Waals surface area contributed by atoms with Gasteiger partial charge in [0.05, 0.1) is 0 Å². The molecule has 0 aliphatic carbocycles. The molecule has 4 nitrogen and oxygen atoms in total. The first-order valence-corrected chi connectivity index (χ1v) is 7.86. The van der Waals surface area contributed by atoms with E-state index >= 15 is 0 Å². The molecule has 0 radical (unpaired) electrons. The third kappa shape index (κ3) is 3.76. The molecule has 1 heterocycles. The van der Waals surface area contributed by atoms with Gasteiger partial charge in [0, 0.05) is 6.54 Å². The van der Waals surface area contributed by atoms with E-state index in [0.717, 1.165) is 11.3 Å². The van der Waals surface area contributed by atoms with Crippen molar-refractivity contribution in [1.82, 2.24) is 4.72 Å². The summed E-state index contributed by atoms with van der Waals surface area (Å²) in [5.41, 5.74) is 0. The van der Waals surface area contributed by atoms with Gasteiger partial charge in [-0.1, -0.05) is 18.2 Å². The zero-order valence-electron chi connectivity index (χ0n) is 9.87. The van der Waals surface area contributed by atoms with Crippen LogP contribution < -0.4 is 9.46 Å². The first-order chi connectivity index (χ1) is 9.09. The molecule has 0 aliphatic heterocycles. The predicted octanol–water partition coefficient (Wildman–Crippen LogP) is 2.24. The van der Waals surface area contributed by atoms with Gasteiger partial charge in [0.25, 0.3) is 0 Å². The van der Waals surface area contributed by atoms with Crippen LogP contribution in [0.1, 0.15) is 0 Å². The largest absolute Gasteiger partial charge is 0.489 e. The summed E-state index contributed by atoms with van der Waals surface area (Å²) in [6, 6.07) is 9.16. The van der Waals surface area contributed by atoms with Crippen LogP contribution in [0, 0.1) is 5.82 Å². The van der Waals surface area contributed by atoms with Gasteiger partial charge in [-0.2, -0.15) is 0 Å². The van der Waals surface area contributed by atoms with Gasteiger partial charge in [0.1, 0.15) is 10.8 Å². The molecule has 19 heavy (non-hydrogen) atoms. The number of nitrogens with one attached hydrogen (secondary N) is 1. The van der Waals surface area contributed by atoms with Crippen molar-refractivity contribution in [3.63, 3.8) is 0 Å². The fourth-order valence-electron chi connectivity index (χ4n) is 1.39. The van der Waals surface area contributed by atoms with E-state index < -0.39 is 15.8 Å². The van der Waals surface area contributed by atoms with Gasteiger partial charge in [-0.15, -0.1) is 11.3 Å². The van der Waals surface area contributed by atoms with Gasteiger partial charge in [0.2, 0.25) is 10.0 Å². The molecule has 0 fully saturated rings. The summed E-state index contributed by atoms with van der Waals surface area (Å²) in [5.74, 6) is -0.360. The molecule has 0 spiro atoms. The summed E-state index contributed by atoms with van der Waals surface area (Å²) in [6.07, 6.45) is 0. The smallest absolute Gasteiger partial charge is 0.250 e. The average molecular weight is 301 g/mol. The maximum absolute atomic E-state index is 13.2. The number of sulfonamides is 1. The first-order valence-electron chi connectivity index (χ1n) is 5.50. The molecule has 2 aromatic rings. The van der Waals surface area contributed by atoms with Gasteiger partial charge in [0.15, 0.2) is 11.6 Å². The SMILES string of the molecule is O=S(=O)(NCCOc1ccccc1F)c1cccs1. The number of para-hydroxylation sites is 1. The van der Waals surface area contributed by atoms with Crippen LogP contribution in [0.25, 0.3) is 0 Å². The van der Waals surface area contributed by atoms with Crippen molar-refractivity contribution in [1.29, 1.82) is 0 Å². The Morgan fingerprint density at radius 3 is 2.68 bits per heavy atom. The molecular formula is C12H12FNO3S2. The zero-order valence-corrected chi connectivity index (χ0v) is 11.5. The summed E-state index contributed by atoms with van der Waals surface area (Å²) < 4.78 is 44.5. The van der Waals surface area contributed by atoms with Crippen LogP contribution in [-0.2, 0) is 10.0 Å². The topological polar surface area (TPSA) is 55.4 Å². The second kappa shape index (κ2) is 6.14. The first kappa shape index (κ1) is 14.0. The molecule has 0 atom stereocenters. The Hall–Kier alpha value is -1.44. The monoisotopic (exact) mass is 301 g/mol. The second-order valence-electron chi connectivity index (χ2n) is 3.61. The second-order valence-corrected chi connectivity index (χ2v) is 6.55. The van der Waals surface area contributed by atoms with E-state index in [0.29, 0.717) is 0 Å². The molecule has 102 valence electrons. The third-order valence-corrected chi connectivity index (χ3v) is 5.11. The zero-order chi connectivity index (χ0) is 13.7. The Bertz CT molecular complexity index is 626. The van der Waals surface area contributed by atoms with Crippen LogP contribution >= 0.6 is 11.3 Å². The highest BCUT2D eigenvalue weighted by atomic mass is 32.2. The van der Waals surface area contributed by atoms with Crippen LogP contribution in [0.3, 0.4) is 0 Å². The number of ether oxygens (including phenoxy) is 1. The van der Waals surface area contributed by atoms with Gasteiger partial charge in [-0.3, -0.25) is 0 Å². The summed E-state index contributed by atoms with van der Waals surface area (Å²) >= 11 is 1.14. The minimum absolute atomic E-state index is 0.0611. The van der Waals surface area contributed by atoms with E-state index in [1.807, 2.05) is 0 Å². The Morgan fingerprint density at radius 2 is 2.00 bits per heavy atom. The number of rotatable bonds is 6. The summed E-state index contributed by atoms with van der Waals surface area (Å²) in [4.78, 5) is 0. The number of hydrogen-bond acceptors (Lipinski definition) is 4. The molecule has 0 amide bonds. The Kier molecular flexibility index (Phi) is 4.52. The van der Waals surface area contributed by atoms with Gasteiger partial charge in [-0.25, -0.2) is 17.5 Å². The molecule has 0 saturated carbocycles.